The van der Waals surface area contributed by atoms with E-state index in [1.54, 1.807) is 24.3 Å². The second-order valence-electron chi connectivity index (χ2n) is 4.87. The Hall–Kier alpha value is -2.76. The van der Waals surface area contributed by atoms with Gasteiger partial charge in [0.1, 0.15) is 30.5 Å². The molecule has 2 aromatic carbocycles. The van der Waals surface area contributed by atoms with Crippen LogP contribution >= 0.6 is 0 Å². The summed E-state index contributed by atoms with van der Waals surface area (Å²) in [4.78, 5) is 10.1. The number of nitro groups is 1. The van der Waals surface area contributed by atoms with Crippen molar-refractivity contribution in [2.24, 2.45) is 0 Å². The molecule has 6 nitrogen and oxygen atoms in total. The first kappa shape index (κ1) is 16.6. The third kappa shape index (κ3) is 4.60. The van der Waals surface area contributed by atoms with E-state index in [1.807, 2.05) is 6.92 Å². The topological polar surface area (TPSA) is 81.8 Å². The molecular weight excluding hydrogens is 298 g/mol. The minimum atomic E-state index is -0.457. The van der Waals surface area contributed by atoms with Crippen LogP contribution in [0.4, 0.5) is 5.69 Å². The largest absolute Gasteiger partial charge is 0.507 e. The van der Waals surface area contributed by atoms with Gasteiger partial charge in [0.25, 0.3) is 5.69 Å². The van der Waals surface area contributed by atoms with Gasteiger partial charge < -0.3 is 14.6 Å². The normalized spacial score (nSPS) is 10.3. The number of benzene rings is 2. The lowest BCUT2D eigenvalue weighted by Crippen LogP contribution is -2.10. The molecule has 0 amide bonds. The van der Waals surface area contributed by atoms with E-state index < -0.39 is 4.92 Å². The predicted octanol–water partition coefficient (Wildman–Crippen LogP) is 3.51. The predicted molar refractivity (Wildman–Crippen MR) is 85.0 cm³/mol. The molecule has 0 atom stereocenters. The van der Waals surface area contributed by atoms with Crippen molar-refractivity contribution in [3.63, 3.8) is 0 Å². The van der Waals surface area contributed by atoms with Crippen molar-refractivity contribution in [3.05, 3.63) is 58.1 Å². The van der Waals surface area contributed by atoms with E-state index in [4.69, 9.17) is 9.47 Å². The first-order valence-electron chi connectivity index (χ1n) is 7.34. The van der Waals surface area contributed by atoms with Crippen molar-refractivity contribution < 1.29 is 19.5 Å². The van der Waals surface area contributed by atoms with E-state index in [2.05, 4.69) is 6.07 Å². The Kier molecular flexibility index (Phi) is 5.80. The fourth-order valence-corrected chi connectivity index (χ4v) is 2.10. The van der Waals surface area contributed by atoms with Crippen LogP contribution in [0.15, 0.2) is 36.4 Å². The second kappa shape index (κ2) is 8.03. The van der Waals surface area contributed by atoms with Gasteiger partial charge in [0.15, 0.2) is 0 Å². The molecule has 0 fully saturated rings. The number of nitro benzene ring substituents is 1. The highest BCUT2D eigenvalue weighted by molar-refractivity contribution is 5.43. The summed E-state index contributed by atoms with van der Waals surface area (Å²) in [5.74, 6) is 1.27. The zero-order valence-electron chi connectivity index (χ0n) is 12.8. The summed E-state index contributed by atoms with van der Waals surface area (Å²) < 4.78 is 11.1. The highest BCUT2D eigenvalue weighted by Crippen LogP contribution is 2.28. The number of nitrogens with zero attached hydrogens (tertiary/aromatic N) is 1. The molecular formula is C17H18NO5. The van der Waals surface area contributed by atoms with Crippen LogP contribution in [0.5, 0.6) is 17.2 Å². The van der Waals surface area contributed by atoms with Crippen molar-refractivity contribution in [2.45, 2.75) is 19.8 Å². The molecule has 6 heteroatoms. The molecule has 0 aromatic heterocycles. The molecule has 121 valence electrons. The molecule has 0 spiro atoms. The molecule has 0 saturated heterocycles. The quantitative estimate of drug-likeness (QED) is 0.458. The van der Waals surface area contributed by atoms with Crippen molar-refractivity contribution in [1.82, 2.24) is 0 Å². The Balaban J connectivity index is 1.86. The molecule has 0 aliphatic carbocycles. The molecule has 0 saturated carbocycles. The van der Waals surface area contributed by atoms with Gasteiger partial charge >= 0.3 is 0 Å². The maximum atomic E-state index is 10.6. The van der Waals surface area contributed by atoms with E-state index in [0.717, 1.165) is 12.0 Å². The van der Waals surface area contributed by atoms with Gasteiger partial charge in [-0.3, -0.25) is 10.1 Å². The highest BCUT2D eigenvalue weighted by atomic mass is 16.6. The van der Waals surface area contributed by atoms with Gasteiger partial charge in [0, 0.05) is 23.8 Å². The second-order valence-corrected chi connectivity index (χ2v) is 4.87. The molecule has 0 heterocycles. The molecule has 1 N–H and O–H groups in total. The van der Waals surface area contributed by atoms with Crippen LogP contribution in [0, 0.1) is 16.2 Å². The average molecular weight is 316 g/mol. The molecule has 0 aliphatic heterocycles. The van der Waals surface area contributed by atoms with E-state index >= 15 is 0 Å². The van der Waals surface area contributed by atoms with Gasteiger partial charge in [-0.15, -0.1) is 0 Å². The number of aromatic hydroxyl groups is 1. The summed E-state index contributed by atoms with van der Waals surface area (Å²) >= 11 is 0. The van der Waals surface area contributed by atoms with E-state index in [9.17, 15) is 15.2 Å². The number of phenolic OH excluding ortho intramolecular Hbond substituents is 1. The Bertz CT molecular complexity index is 655. The number of phenols is 1. The lowest BCUT2D eigenvalue weighted by molar-refractivity contribution is -0.384. The van der Waals surface area contributed by atoms with Gasteiger partial charge in [0.2, 0.25) is 0 Å². The molecule has 0 unspecified atom stereocenters. The summed E-state index contributed by atoms with van der Waals surface area (Å²) in [6.07, 6.45) is 1.60. The monoisotopic (exact) mass is 316 g/mol. The smallest absolute Gasteiger partial charge is 0.269 e. The Morgan fingerprint density at radius 1 is 1.17 bits per heavy atom. The summed E-state index contributed by atoms with van der Waals surface area (Å²) in [6, 6.07) is 12.0. The fourth-order valence-electron chi connectivity index (χ4n) is 2.10. The first-order chi connectivity index (χ1) is 11.1. The minimum absolute atomic E-state index is 0.0221. The van der Waals surface area contributed by atoms with Crippen LogP contribution in [-0.2, 0) is 6.42 Å². The van der Waals surface area contributed by atoms with Crippen molar-refractivity contribution in [3.8, 4) is 17.2 Å². The zero-order chi connectivity index (χ0) is 16.7. The van der Waals surface area contributed by atoms with Crippen LogP contribution in [0.1, 0.15) is 18.9 Å². The number of rotatable bonds is 8. The SMILES string of the molecule is CCCc1c(O)[c]ccc1OCCOc1ccc([N+](=O)[O-])cc1. The van der Waals surface area contributed by atoms with Gasteiger partial charge in [0.05, 0.1) is 4.92 Å². The molecule has 0 bridgehead atoms. The number of non-ortho nitro benzene ring substituents is 1. The molecule has 23 heavy (non-hydrogen) atoms. The number of ether oxygens (including phenoxy) is 2. The van der Waals surface area contributed by atoms with Crippen LogP contribution < -0.4 is 9.47 Å². The maximum Gasteiger partial charge on any atom is 0.269 e. The number of hydrogen-bond acceptors (Lipinski definition) is 5. The Morgan fingerprint density at radius 2 is 1.87 bits per heavy atom. The van der Waals surface area contributed by atoms with Crippen molar-refractivity contribution >= 4 is 5.69 Å². The van der Waals surface area contributed by atoms with E-state index in [0.29, 0.717) is 31.1 Å². The van der Waals surface area contributed by atoms with Crippen LogP contribution in [0.3, 0.4) is 0 Å². The molecule has 1 radical (unpaired) electrons. The standard InChI is InChI=1S/C17H18NO5/c1-2-4-15-16(19)5-3-6-17(15)23-12-11-22-14-9-7-13(8-10-14)18(20)21/h3,6-10,19H,2,4,11-12H2,1H3. The van der Waals surface area contributed by atoms with Crippen LogP contribution in [0.2, 0.25) is 0 Å². The number of hydrogen-bond donors (Lipinski definition) is 1. The van der Waals surface area contributed by atoms with Gasteiger partial charge in [-0.25, -0.2) is 0 Å². The molecule has 0 aliphatic rings. The van der Waals surface area contributed by atoms with Crippen molar-refractivity contribution in [1.29, 1.82) is 0 Å². The summed E-state index contributed by atoms with van der Waals surface area (Å²) in [7, 11) is 0. The minimum Gasteiger partial charge on any atom is -0.507 e. The van der Waals surface area contributed by atoms with Crippen LogP contribution in [-0.4, -0.2) is 23.2 Å². The lowest BCUT2D eigenvalue weighted by Gasteiger charge is -2.12. The Labute approximate surface area is 134 Å². The Morgan fingerprint density at radius 3 is 2.52 bits per heavy atom. The maximum absolute atomic E-state index is 10.6. The third-order valence-corrected chi connectivity index (χ3v) is 3.20. The zero-order valence-corrected chi connectivity index (χ0v) is 12.8. The molecule has 2 rings (SSSR count). The first-order valence-corrected chi connectivity index (χ1v) is 7.34. The van der Waals surface area contributed by atoms with Crippen molar-refractivity contribution in [2.75, 3.05) is 13.2 Å². The van der Waals surface area contributed by atoms with Gasteiger partial charge in [-0.05, 0) is 30.7 Å². The highest BCUT2D eigenvalue weighted by Gasteiger charge is 2.08. The van der Waals surface area contributed by atoms with E-state index in [1.165, 1.54) is 12.1 Å². The lowest BCUT2D eigenvalue weighted by atomic mass is 10.1. The third-order valence-electron chi connectivity index (χ3n) is 3.20. The summed E-state index contributed by atoms with van der Waals surface area (Å²) in [5.41, 5.74) is 0.763. The van der Waals surface area contributed by atoms with E-state index in [-0.39, 0.29) is 11.4 Å². The van der Waals surface area contributed by atoms with Gasteiger partial charge in [-0.2, -0.15) is 0 Å². The average Bonchev–Trinajstić information content (AvgIpc) is 2.55. The molecule has 2 aromatic rings. The fraction of sp³-hybridized carbons (Fsp3) is 0.294. The summed E-state index contributed by atoms with van der Waals surface area (Å²) in [6.45, 7) is 2.62. The van der Waals surface area contributed by atoms with Crippen LogP contribution in [0.25, 0.3) is 0 Å². The van der Waals surface area contributed by atoms with Gasteiger partial charge in [-0.1, -0.05) is 13.3 Å². The summed E-state index contributed by atoms with van der Waals surface area (Å²) in [5, 5.41) is 20.4.